The van der Waals surface area contributed by atoms with Crippen molar-refractivity contribution in [3.8, 4) is 5.75 Å². The van der Waals surface area contributed by atoms with Crippen LogP contribution >= 0.6 is 0 Å². The van der Waals surface area contributed by atoms with E-state index >= 15 is 0 Å². The predicted molar refractivity (Wildman–Crippen MR) is 78.7 cm³/mol. The Hall–Kier alpha value is -2.24. The van der Waals surface area contributed by atoms with Crippen LogP contribution in [-0.2, 0) is 4.79 Å². The second kappa shape index (κ2) is 6.47. The largest absolute Gasteiger partial charge is 0.497 e. The number of hydrogen-bond donors (Lipinski definition) is 1. The van der Waals surface area contributed by atoms with E-state index in [1.54, 1.807) is 30.0 Å². The fourth-order valence-corrected chi connectivity index (χ4v) is 2.56. The molecule has 0 radical (unpaired) electrons. The monoisotopic (exact) mass is 292 g/mol. The molecular formula is C15H20N2O4. The smallest absolute Gasteiger partial charge is 0.324 e. The minimum absolute atomic E-state index is 0.0464. The van der Waals surface area contributed by atoms with Gasteiger partial charge in [-0.1, -0.05) is 6.07 Å². The van der Waals surface area contributed by atoms with Crippen LogP contribution in [0, 0.1) is 5.92 Å². The molecule has 1 aromatic rings. The first kappa shape index (κ1) is 15.2. The molecule has 114 valence electrons. The lowest BCUT2D eigenvalue weighted by Gasteiger charge is -2.25. The third kappa shape index (κ3) is 3.65. The number of likely N-dealkylation sites (tertiary alicyclic amines) is 1. The van der Waals surface area contributed by atoms with Gasteiger partial charge in [0.05, 0.1) is 7.11 Å². The van der Waals surface area contributed by atoms with E-state index in [-0.39, 0.29) is 18.4 Å². The highest BCUT2D eigenvalue weighted by atomic mass is 16.5. The summed E-state index contributed by atoms with van der Waals surface area (Å²) in [4.78, 5) is 26.4. The number of benzene rings is 1. The Kier molecular flexibility index (Phi) is 4.67. The molecule has 2 rings (SSSR count). The van der Waals surface area contributed by atoms with Crippen molar-refractivity contribution >= 4 is 17.7 Å². The summed E-state index contributed by atoms with van der Waals surface area (Å²) in [6.45, 7) is 1.10. The van der Waals surface area contributed by atoms with Gasteiger partial charge in [0, 0.05) is 38.3 Å². The molecule has 0 spiro atoms. The lowest BCUT2D eigenvalue weighted by molar-refractivity contribution is -0.138. The predicted octanol–water partition coefficient (Wildman–Crippen LogP) is 2.05. The van der Waals surface area contributed by atoms with Gasteiger partial charge in [0.15, 0.2) is 0 Å². The van der Waals surface area contributed by atoms with Gasteiger partial charge in [-0.3, -0.25) is 9.69 Å². The maximum Gasteiger partial charge on any atom is 0.324 e. The van der Waals surface area contributed by atoms with Gasteiger partial charge in [-0.05, 0) is 24.5 Å². The number of carboxylic acids is 1. The zero-order chi connectivity index (χ0) is 15.4. The summed E-state index contributed by atoms with van der Waals surface area (Å²) in [6.07, 6.45) is 0.858. The SMILES string of the molecule is COc1cccc(N(C)C(=O)N2CCC(CC(=O)O)C2)c1. The second-order valence-electron chi connectivity index (χ2n) is 5.24. The number of anilines is 1. The Bertz CT molecular complexity index is 532. The van der Waals surface area contributed by atoms with Gasteiger partial charge < -0.3 is 14.7 Å². The Balaban J connectivity index is 2.01. The summed E-state index contributed by atoms with van der Waals surface area (Å²) in [5, 5.41) is 8.82. The van der Waals surface area contributed by atoms with Crippen LogP contribution in [-0.4, -0.2) is 49.3 Å². The summed E-state index contributed by atoms with van der Waals surface area (Å²) in [5.74, 6) is -0.0714. The highest BCUT2D eigenvalue weighted by Gasteiger charge is 2.29. The van der Waals surface area contributed by atoms with Crippen LogP contribution in [0.1, 0.15) is 12.8 Å². The van der Waals surface area contributed by atoms with E-state index in [9.17, 15) is 9.59 Å². The van der Waals surface area contributed by atoms with E-state index in [2.05, 4.69) is 0 Å². The van der Waals surface area contributed by atoms with Crippen LogP contribution in [0.15, 0.2) is 24.3 Å². The Morgan fingerprint density at radius 3 is 2.90 bits per heavy atom. The fraction of sp³-hybridized carbons (Fsp3) is 0.467. The van der Waals surface area contributed by atoms with Crippen molar-refractivity contribution in [1.82, 2.24) is 4.90 Å². The van der Waals surface area contributed by atoms with Gasteiger partial charge in [-0.15, -0.1) is 0 Å². The number of urea groups is 1. The molecule has 6 nitrogen and oxygen atoms in total. The second-order valence-corrected chi connectivity index (χ2v) is 5.24. The van der Waals surface area contributed by atoms with E-state index in [1.165, 1.54) is 0 Å². The Morgan fingerprint density at radius 1 is 1.48 bits per heavy atom. The van der Waals surface area contributed by atoms with Crippen molar-refractivity contribution in [1.29, 1.82) is 0 Å². The summed E-state index contributed by atoms with van der Waals surface area (Å²) in [6, 6.07) is 7.17. The number of carboxylic acid groups (broad SMARTS) is 1. The van der Waals surface area contributed by atoms with E-state index in [0.29, 0.717) is 18.8 Å². The van der Waals surface area contributed by atoms with Gasteiger partial charge in [0.1, 0.15) is 5.75 Å². The standard InChI is InChI=1S/C15H20N2O4/c1-16(12-4-3-5-13(9-12)21-2)15(20)17-7-6-11(10-17)8-14(18)19/h3-5,9,11H,6-8,10H2,1-2H3,(H,18,19). The molecule has 21 heavy (non-hydrogen) atoms. The van der Waals surface area contributed by atoms with Crippen molar-refractivity contribution in [3.63, 3.8) is 0 Å². The molecule has 0 saturated carbocycles. The Labute approximate surface area is 123 Å². The van der Waals surface area contributed by atoms with E-state index in [0.717, 1.165) is 12.1 Å². The summed E-state index contributed by atoms with van der Waals surface area (Å²) < 4.78 is 5.15. The lowest BCUT2D eigenvalue weighted by atomic mass is 10.1. The fourth-order valence-electron chi connectivity index (χ4n) is 2.56. The molecule has 2 amide bonds. The van der Waals surface area contributed by atoms with Crippen molar-refractivity contribution in [2.45, 2.75) is 12.8 Å². The number of amides is 2. The number of carbonyl (C=O) groups excluding carboxylic acids is 1. The quantitative estimate of drug-likeness (QED) is 0.922. The van der Waals surface area contributed by atoms with Crippen LogP contribution in [0.3, 0.4) is 0 Å². The summed E-state index contributed by atoms with van der Waals surface area (Å²) in [7, 11) is 3.29. The molecule has 0 bridgehead atoms. The number of aliphatic carboxylic acids is 1. The number of ether oxygens (including phenoxy) is 1. The van der Waals surface area contributed by atoms with Gasteiger partial charge >= 0.3 is 12.0 Å². The number of hydrogen-bond acceptors (Lipinski definition) is 3. The maximum absolute atomic E-state index is 12.4. The molecular weight excluding hydrogens is 272 g/mol. The maximum atomic E-state index is 12.4. The van der Waals surface area contributed by atoms with Gasteiger partial charge in [-0.25, -0.2) is 4.79 Å². The van der Waals surface area contributed by atoms with Gasteiger partial charge in [-0.2, -0.15) is 0 Å². The molecule has 1 aromatic carbocycles. The molecule has 1 saturated heterocycles. The third-order valence-corrected chi connectivity index (χ3v) is 3.75. The zero-order valence-electron chi connectivity index (χ0n) is 12.3. The molecule has 1 heterocycles. The van der Waals surface area contributed by atoms with Crippen LogP contribution in [0.2, 0.25) is 0 Å². The number of methoxy groups -OCH3 is 1. The molecule has 0 aliphatic carbocycles. The van der Waals surface area contributed by atoms with Crippen LogP contribution in [0.25, 0.3) is 0 Å². The minimum Gasteiger partial charge on any atom is -0.497 e. The third-order valence-electron chi connectivity index (χ3n) is 3.75. The van der Waals surface area contributed by atoms with E-state index < -0.39 is 5.97 Å². The van der Waals surface area contributed by atoms with Crippen molar-refractivity contribution in [2.24, 2.45) is 5.92 Å². The number of nitrogens with zero attached hydrogens (tertiary/aromatic N) is 2. The lowest BCUT2D eigenvalue weighted by Crippen LogP contribution is -2.40. The van der Waals surface area contributed by atoms with Crippen molar-refractivity contribution in [3.05, 3.63) is 24.3 Å². The minimum atomic E-state index is -0.810. The Morgan fingerprint density at radius 2 is 2.24 bits per heavy atom. The average Bonchev–Trinajstić information content (AvgIpc) is 2.93. The molecule has 1 atom stereocenters. The topological polar surface area (TPSA) is 70.1 Å². The zero-order valence-corrected chi connectivity index (χ0v) is 12.3. The van der Waals surface area contributed by atoms with E-state index in [1.807, 2.05) is 18.2 Å². The van der Waals surface area contributed by atoms with E-state index in [4.69, 9.17) is 9.84 Å². The first-order valence-electron chi connectivity index (χ1n) is 6.89. The van der Waals surface area contributed by atoms with Crippen LogP contribution in [0.5, 0.6) is 5.75 Å². The average molecular weight is 292 g/mol. The highest BCUT2D eigenvalue weighted by molar-refractivity contribution is 5.91. The van der Waals surface area contributed by atoms with Gasteiger partial charge in [0.25, 0.3) is 0 Å². The molecule has 1 N–H and O–H groups in total. The molecule has 1 aliphatic rings. The highest BCUT2D eigenvalue weighted by Crippen LogP contribution is 2.24. The summed E-state index contributed by atoms with van der Waals surface area (Å²) in [5.41, 5.74) is 0.751. The van der Waals surface area contributed by atoms with Crippen molar-refractivity contribution < 1.29 is 19.4 Å². The normalized spacial score (nSPS) is 17.6. The summed E-state index contributed by atoms with van der Waals surface area (Å²) >= 11 is 0. The molecule has 6 heteroatoms. The van der Waals surface area contributed by atoms with Gasteiger partial charge in [0.2, 0.25) is 0 Å². The van der Waals surface area contributed by atoms with Crippen LogP contribution in [0.4, 0.5) is 10.5 Å². The molecule has 1 fully saturated rings. The van der Waals surface area contributed by atoms with Crippen molar-refractivity contribution in [2.75, 3.05) is 32.1 Å². The number of carbonyl (C=O) groups is 2. The number of rotatable bonds is 4. The first-order chi connectivity index (χ1) is 10.0. The van der Waals surface area contributed by atoms with Crippen LogP contribution < -0.4 is 9.64 Å². The molecule has 1 aliphatic heterocycles. The molecule has 1 unspecified atom stereocenters. The molecule has 0 aromatic heterocycles. The first-order valence-corrected chi connectivity index (χ1v) is 6.89.